The third-order valence-electron chi connectivity index (χ3n) is 6.90. The van der Waals surface area contributed by atoms with Crippen LogP contribution in [0, 0.1) is 12.8 Å². The van der Waals surface area contributed by atoms with Gasteiger partial charge in [0.05, 0.1) is 30.0 Å². The van der Waals surface area contributed by atoms with Crippen molar-refractivity contribution in [1.82, 2.24) is 0 Å². The van der Waals surface area contributed by atoms with E-state index in [1.807, 2.05) is 6.92 Å². The summed E-state index contributed by atoms with van der Waals surface area (Å²) >= 11 is 0. The van der Waals surface area contributed by atoms with Gasteiger partial charge in [-0.1, -0.05) is 50.4 Å². The average Bonchev–Trinajstić information content (AvgIpc) is 3.80. The van der Waals surface area contributed by atoms with Crippen molar-refractivity contribution < 1.29 is 46.9 Å². The number of carboxylic acids is 1. The van der Waals surface area contributed by atoms with Crippen LogP contribution in [0.3, 0.4) is 0 Å². The van der Waals surface area contributed by atoms with E-state index < -0.39 is 45.4 Å². The third-order valence-corrected chi connectivity index (χ3v) is 8.66. The minimum Gasteiger partial charge on any atom is -0.478 e. The summed E-state index contributed by atoms with van der Waals surface area (Å²) in [5, 5.41) is 9.85. The van der Waals surface area contributed by atoms with Gasteiger partial charge in [0.25, 0.3) is 0 Å². The molecule has 2 unspecified atom stereocenters. The Kier molecular flexibility index (Phi) is 13.7. The van der Waals surface area contributed by atoms with Crippen molar-refractivity contribution in [3.8, 4) is 0 Å². The number of carbonyl (C=O) groups excluding carboxylic acids is 3. The lowest BCUT2D eigenvalue weighted by Crippen LogP contribution is -2.21. The van der Waals surface area contributed by atoms with Crippen LogP contribution in [-0.2, 0) is 43.2 Å². The molecule has 2 atom stereocenters. The molecule has 0 aliphatic carbocycles. The first-order valence-electron chi connectivity index (χ1n) is 14.1. The van der Waals surface area contributed by atoms with Gasteiger partial charge in [-0.15, -0.1) is 0 Å². The summed E-state index contributed by atoms with van der Waals surface area (Å²) < 4.78 is 41.1. The lowest BCUT2D eigenvalue weighted by molar-refractivity contribution is -0.154. The van der Waals surface area contributed by atoms with Crippen LogP contribution < -0.4 is 0 Å². The van der Waals surface area contributed by atoms with Crippen molar-refractivity contribution in [2.45, 2.75) is 69.8 Å². The number of allylic oxidation sites excluding steroid dienone is 1. The Morgan fingerprint density at radius 1 is 1.02 bits per heavy atom. The summed E-state index contributed by atoms with van der Waals surface area (Å²) in [6, 6.07) is 6.26. The lowest BCUT2D eigenvalue weighted by Gasteiger charge is -2.17. The molecule has 0 bridgehead atoms. The van der Waals surface area contributed by atoms with E-state index in [1.165, 1.54) is 18.2 Å². The topological polar surface area (TPSA) is 154 Å². The van der Waals surface area contributed by atoms with Gasteiger partial charge in [-0.25, -0.2) is 27.6 Å². The molecular formula is C32H40O10S. The highest BCUT2D eigenvalue weighted by atomic mass is 32.2. The SMILES string of the molecule is C=C(CCC1CO1)C(=O)OCCCCC(=CC(CCS(=O)(=O)c1ccc(C)cc1)C(=C)C(=O)OC(=O)C(=C)CC)C(=O)O. The smallest absolute Gasteiger partial charge is 0.341 e. The van der Waals surface area contributed by atoms with Crippen LogP contribution in [0.25, 0.3) is 0 Å². The van der Waals surface area contributed by atoms with E-state index in [4.69, 9.17) is 14.2 Å². The van der Waals surface area contributed by atoms with E-state index in [2.05, 4.69) is 19.7 Å². The quantitative estimate of drug-likeness (QED) is 0.0752. The minimum absolute atomic E-state index is 0.0436. The maximum absolute atomic E-state index is 13.0. The zero-order valence-corrected chi connectivity index (χ0v) is 25.6. The Balaban J connectivity index is 2.10. The van der Waals surface area contributed by atoms with E-state index in [-0.39, 0.29) is 53.6 Å². The second-order valence-corrected chi connectivity index (χ2v) is 12.5. The number of rotatable bonds is 19. The van der Waals surface area contributed by atoms with Gasteiger partial charge in [0.15, 0.2) is 9.84 Å². The number of unbranched alkanes of at least 4 members (excludes halogenated alkanes) is 1. The average molecular weight is 617 g/mol. The first kappa shape index (κ1) is 35.4. The van der Waals surface area contributed by atoms with Crippen molar-refractivity contribution in [1.29, 1.82) is 0 Å². The van der Waals surface area contributed by atoms with Crippen LogP contribution >= 0.6 is 0 Å². The molecule has 0 saturated carbocycles. The molecule has 43 heavy (non-hydrogen) atoms. The molecule has 11 heteroatoms. The van der Waals surface area contributed by atoms with Gasteiger partial charge in [-0.3, -0.25) is 0 Å². The maximum Gasteiger partial charge on any atom is 0.341 e. The lowest BCUT2D eigenvalue weighted by atomic mass is 9.93. The van der Waals surface area contributed by atoms with E-state index >= 15 is 0 Å². The van der Waals surface area contributed by atoms with Crippen LogP contribution in [0.5, 0.6) is 0 Å². The van der Waals surface area contributed by atoms with Crippen LogP contribution in [0.4, 0.5) is 0 Å². The van der Waals surface area contributed by atoms with Crippen molar-refractivity contribution in [3.63, 3.8) is 0 Å². The molecule has 2 rings (SSSR count). The van der Waals surface area contributed by atoms with Crippen molar-refractivity contribution in [3.05, 3.63) is 77.9 Å². The Morgan fingerprint density at radius 2 is 1.67 bits per heavy atom. The summed E-state index contributed by atoms with van der Waals surface area (Å²) in [4.78, 5) is 49.1. The molecule has 1 N–H and O–H groups in total. The molecule has 0 radical (unpaired) electrons. The predicted octanol–water partition coefficient (Wildman–Crippen LogP) is 4.83. The van der Waals surface area contributed by atoms with Crippen LogP contribution in [0.15, 0.2) is 77.3 Å². The number of hydrogen-bond acceptors (Lipinski definition) is 9. The third kappa shape index (κ3) is 12.1. The molecule has 234 valence electrons. The number of sulfone groups is 1. The van der Waals surface area contributed by atoms with Crippen molar-refractivity contribution in [2.24, 2.45) is 5.92 Å². The highest BCUT2D eigenvalue weighted by Gasteiger charge is 2.26. The second-order valence-electron chi connectivity index (χ2n) is 10.4. The molecule has 1 fully saturated rings. The summed E-state index contributed by atoms with van der Waals surface area (Å²) in [6.07, 6.45) is 3.41. The second kappa shape index (κ2) is 16.7. The molecule has 1 saturated heterocycles. The Labute approximate surface area is 253 Å². The molecule has 1 aliphatic rings. The normalized spacial score (nSPS) is 15.2. The van der Waals surface area contributed by atoms with E-state index in [9.17, 15) is 32.7 Å². The summed E-state index contributed by atoms with van der Waals surface area (Å²) in [6.45, 7) is 15.2. The van der Waals surface area contributed by atoms with Gasteiger partial charge in [0.1, 0.15) is 0 Å². The molecule has 1 aliphatic heterocycles. The van der Waals surface area contributed by atoms with Crippen molar-refractivity contribution >= 4 is 33.7 Å². The Bertz CT molecular complexity index is 1360. The van der Waals surface area contributed by atoms with E-state index in [0.29, 0.717) is 37.9 Å². The number of esters is 3. The van der Waals surface area contributed by atoms with Crippen molar-refractivity contribution in [2.75, 3.05) is 19.0 Å². The summed E-state index contributed by atoms with van der Waals surface area (Å²) in [7, 11) is -3.79. The summed E-state index contributed by atoms with van der Waals surface area (Å²) in [5.41, 5.74) is 0.929. The number of benzene rings is 1. The minimum atomic E-state index is -3.79. The fourth-order valence-corrected chi connectivity index (χ4v) is 5.23. The molecule has 1 aromatic carbocycles. The van der Waals surface area contributed by atoms with E-state index in [0.717, 1.165) is 5.56 Å². The predicted molar refractivity (Wildman–Crippen MR) is 160 cm³/mol. The van der Waals surface area contributed by atoms with Crippen LogP contribution in [0.2, 0.25) is 0 Å². The number of aliphatic carboxylic acids is 1. The maximum atomic E-state index is 13.0. The Morgan fingerprint density at radius 3 is 2.26 bits per heavy atom. The van der Waals surface area contributed by atoms with Crippen LogP contribution in [-0.4, -0.2) is 62.5 Å². The highest BCUT2D eigenvalue weighted by Crippen LogP contribution is 2.25. The number of hydrogen-bond donors (Lipinski definition) is 1. The highest BCUT2D eigenvalue weighted by molar-refractivity contribution is 7.91. The van der Waals surface area contributed by atoms with E-state index in [1.54, 1.807) is 19.1 Å². The van der Waals surface area contributed by atoms with Crippen LogP contribution in [0.1, 0.15) is 57.4 Å². The zero-order valence-electron chi connectivity index (χ0n) is 24.8. The van der Waals surface area contributed by atoms with Gasteiger partial charge in [-0.2, -0.15) is 0 Å². The fourth-order valence-electron chi connectivity index (χ4n) is 3.88. The zero-order chi connectivity index (χ0) is 32.2. The van der Waals surface area contributed by atoms with Gasteiger partial charge >= 0.3 is 23.9 Å². The Hall–Kier alpha value is -3.83. The first-order chi connectivity index (χ1) is 20.2. The van der Waals surface area contributed by atoms with Gasteiger partial charge in [0.2, 0.25) is 0 Å². The molecule has 1 heterocycles. The summed E-state index contributed by atoms with van der Waals surface area (Å²) in [5.74, 6) is -5.30. The number of aryl methyl sites for hydroxylation is 1. The molecule has 0 amide bonds. The number of ether oxygens (including phenoxy) is 3. The molecule has 0 aromatic heterocycles. The molecule has 10 nitrogen and oxygen atoms in total. The van der Waals surface area contributed by atoms with Gasteiger partial charge in [-0.05, 0) is 64.0 Å². The number of epoxide rings is 1. The fraction of sp³-hybridized carbons (Fsp3) is 0.438. The molecule has 1 aromatic rings. The number of carbonyl (C=O) groups is 4. The molecule has 0 spiro atoms. The monoisotopic (exact) mass is 616 g/mol. The largest absolute Gasteiger partial charge is 0.478 e. The first-order valence-corrected chi connectivity index (χ1v) is 15.7. The standard InChI is InChI=1S/C32H40O10S/c1-6-22(3)31(36)42-32(37)24(5)25(16-18-43(38,39)28-14-10-21(2)11-15-28)19-26(29(33)34)9-7-8-17-40-30(35)23(4)12-13-27-20-41-27/h10-11,14-15,19,25,27H,3-9,12-13,16-18,20H2,1-2H3,(H,33,34). The number of carboxylic acid groups (broad SMARTS) is 1. The van der Waals surface area contributed by atoms with Gasteiger partial charge in [0, 0.05) is 28.2 Å². The van der Waals surface area contributed by atoms with Gasteiger partial charge < -0.3 is 19.3 Å². The molecular weight excluding hydrogens is 576 g/mol.